The predicted octanol–water partition coefficient (Wildman–Crippen LogP) is 3.88. The molecule has 1 aromatic heterocycles. The molecule has 4 unspecified atom stereocenters. The third kappa shape index (κ3) is 5.61. The molecule has 0 aliphatic carbocycles. The van der Waals surface area contributed by atoms with Gasteiger partial charge in [0.15, 0.2) is 5.82 Å². The van der Waals surface area contributed by atoms with Gasteiger partial charge >= 0.3 is 12.4 Å². The lowest BCUT2D eigenvalue weighted by Crippen LogP contribution is -2.55. The summed E-state index contributed by atoms with van der Waals surface area (Å²) in [6, 6.07) is 1.33. The predicted molar refractivity (Wildman–Crippen MR) is 111 cm³/mol. The summed E-state index contributed by atoms with van der Waals surface area (Å²) in [6.07, 6.45) is -8.82. The monoisotopic (exact) mass is 505 g/mol. The van der Waals surface area contributed by atoms with E-state index in [1.807, 2.05) is 6.92 Å². The van der Waals surface area contributed by atoms with Gasteiger partial charge in [-0.2, -0.15) is 31.4 Å². The van der Waals surface area contributed by atoms with Crippen LogP contribution in [0.2, 0.25) is 0 Å². The van der Waals surface area contributed by atoms with Crippen molar-refractivity contribution in [2.45, 2.75) is 76.3 Å². The second-order valence-electron chi connectivity index (χ2n) is 9.32. The number of carbonyl (C=O) groups excluding carboxylic acids is 1. The van der Waals surface area contributed by atoms with Crippen molar-refractivity contribution in [3.8, 4) is 0 Å². The maximum atomic E-state index is 13.1. The normalized spacial score (nSPS) is 26.7. The number of halogens is 6. The van der Waals surface area contributed by atoms with Crippen LogP contribution >= 0.6 is 0 Å². The van der Waals surface area contributed by atoms with Crippen molar-refractivity contribution in [1.82, 2.24) is 25.8 Å². The Morgan fingerprint density at radius 2 is 1.80 bits per heavy atom. The molecule has 192 valence electrons. The molecule has 4 rings (SSSR count). The van der Waals surface area contributed by atoms with E-state index in [1.165, 1.54) is 0 Å². The van der Waals surface area contributed by atoms with E-state index in [0.29, 0.717) is 43.0 Å². The maximum Gasteiger partial charge on any atom is 0.416 e. The second kappa shape index (κ2) is 9.08. The minimum atomic E-state index is -4.92. The van der Waals surface area contributed by atoms with E-state index in [2.05, 4.69) is 25.8 Å². The van der Waals surface area contributed by atoms with Gasteiger partial charge in [-0.15, -0.1) is 0 Å². The fourth-order valence-electron chi connectivity index (χ4n) is 4.94. The topological polar surface area (TPSA) is 91.9 Å². The SMILES string of the molecule is Cc1nc(CNC(=O)C2CC3(C)NC2CCC3OCc2cc(C(F)(F)F)cc(C(F)(F)F)c2)n[nH]1. The van der Waals surface area contributed by atoms with Crippen LogP contribution in [0.1, 0.15) is 54.5 Å². The molecular weight excluding hydrogens is 480 g/mol. The third-order valence-electron chi connectivity index (χ3n) is 6.59. The lowest BCUT2D eigenvalue weighted by molar-refractivity contribution is -0.143. The molecule has 0 saturated carbocycles. The van der Waals surface area contributed by atoms with Gasteiger partial charge in [-0.3, -0.25) is 9.89 Å². The van der Waals surface area contributed by atoms with Gasteiger partial charge in [0, 0.05) is 11.6 Å². The van der Waals surface area contributed by atoms with Gasteiger partial charge in [0.2, 0.25) is 5.91 Å². The number of benzene rings is 1. The second-order valence-corrected chi connectivity index (χ2v) is 9.32. The van der Waals surface area contributed by atoms with E-state index in [9.17, 15) is 31.1 Å². The zero-order valence-corrected chi connectivity index (χ0v) is 19.0. The highest BCUT2D eigenvalue weighted by molar-refractivity contribution is 5.80. The van der Waals surface area contributed by atoms with Gasteiger partial charge in [0.25, 0.3) is 0 Å². The number of amides is 1. The van der Waals surface area contributed by atoms with Gasteiger partial charge in [-0.05, 0) is 56.9 Å². The molecule has 2 aliphatic heterocycles. The molecule has 1 amide bonds. The number of nitrogens with one attached hydrogen (secondary N) is 3. The molecule has 4 atom stereocenters. The van der Waals surface area contributed by atoms with Crippen molar-refractivity contribution in [2.24, 2.45) is 5.92 Å². The largest absolute Gasteiger partial charge is 0.416 e. The summed E-state index contributed by atoms with van der Waals surface area (Å²) < 4.78 is 84.7. The fourth-order valence-corrected chi connectivity index (χ4v) is 4.94. The Kier molecular flexibility index (Phi) is 6.60. The van der Waals surface area contributed by atoms with Crippen LogP contribution in [0.25, 0.3) is 0 Å². The standard InChI is InChI=1S/C22H25F6N5O2/c1-11-30-18(33-32-11)9-29-19(34)15-8-20(2)17(4-3-16(15)31-20)35-10-12-5-13(21(23,24)25)7-14(6-12)22(26,27)28/h5-7,15-17,31H,3-4,8-10H2,1-2H3,(H,29,34)(H,30,32,33). The van der Waals surface area contributed by atoms with Gasteiger partial charge in [-0.1, -0.05) is 0 Å². The minimum Gasteiger partial charge on any atom is -0.372 e. The average Bonchev–Trinajstić information content (AvgIpc) is 3.30. The average molecular weight is 505 g/mol. The maximum absolute atomic E-state index is 13.1. The lowest BCUT2D eigenvalue weighted by atomic mass is 9.88. The first-order valence-electron chi connectivity index (χ1n) is 11.1. The van der Waals surface area contributed by atoms with Gasteiger partial charge in [0.1, 0.15) is 5.82 Å². The number of carbonyl (C=O) groups is 1. The van der Waals surface area contributed by atoms with Crippen LogP contribution in [0, 0.1) is 12.8 Å². The highest BCUT2D eigenvalue weighted by Crippen LogP contribution is 2.42. The van der Waals surface area contributed by atoms with Crippen LogP contribution in [0.3, 0.4) is 0 Å². The van der Waals surface area contributed by atoms with Crippen LogP contribution in [0.4, 0.5) is 26.3 Å². The molecule has 7 nitrogen and oxygen atoms in total. The van der Waals surface area contributed by atoms with Crippen molar-refractivity contribution in [3.63, 3.8) is 0 Å². The molecular formula is C22H25F6N5O2. The number of hydrogen-bond acceptors (Lipinski definition) is 5. The first-order valence-corrected chi connectivity index (χ1v) is 11.1. The Labute approximate surface area is 197 Å². The van der Waals surface area contributed by atoms with Crippen molar-refractivity contribution in [3.05, 3.63) is 46.5 Å². The highest BCUT2D eigenvalue weighted by atomic mass is 19.4. The van der Waals surface area contributed by atoms with Crippen LogP contribution in [0.15, 0.2) is 18.2 Å². The third-order valence-corrected chi connectivity index (χ3v) is 6.59. The Hall–Kier alpha value is -2.67. The summed E-state index contributed by atoms with van der Waals surface area (Å²) in [6.45, 7) is 3.34. The number of ether oxygens (including phenoxy) is 1. The van der Waals surface area contributed by atoms with E-state index in [4.69, 9.17) is 4.74 Å². The molecule has 1 aromatic carbocycles. The van der Waals surface area contributed by atoms with Gasteiger partial charge in [0.05, 0.1) is 36.3 Å². The lowest BCUT2D eigenvalue weighted by Gasteiger charge is -2.39. The van der Waals surface area contributed by atoms with Crippen molar-refractivity contribution in [2.75, 3.05) is 0 Å². The van der Waals surface area contributed by atoms with E-state index in [0.717, 1.165) is 0 Å². The molecule has 2 aromatic rings. The smallest absolute Gasteiger partial charge is 0.372 e. The first kappa shape index (κ1) is 25.4. The fraction of sp³-hybridized carbons (Fsp3) is 0.591. The summed E-state index contributed by atoms with van der Waals surface area (Å²) in [5, 5.41) is 12.9. The number of piperidine rings is 1. The zero-order valence-electron chi connectivity index (χ0n) is 19.0. The number of aromatic amines is 1. The Balaban J connectivity index is 1.41. The quantitative estimate of drug-likeness (QED) is 0.519. The number of aromatic nitrogens is 3. The number of nitrogens with zero attached hydrogens (tertiary/aromatic N) is 2. The van der Waals surface area contributed by atoms with E-state index < -0.39 is 41.7 Å². The van der Waals surface area contributed by atoms with Crippen LogP contribution in [-0.4, -0.2) is 38.8 Å². The van der Waals surface area contributed by atoms with Crippen LogP contribution in [-0.2, 0) is 35.0 Å². The highest BCUT2D eigenvalue weighted by Gasteiger charge is 2.52. The van der Waals surface area contributed by atoms with Gasteiger partial charge in [-0.25, -0.2) is 4.98 Å². The molecule has 3 heterocycles. The number of H-pyrrole nitrogens is 1. The van der Waals surface area contributed by atoms with Crippen LogP contribution in [0.5, 0.6) is 0 Å². The number of aryl methyl sites for hydroxylation is 1. The molecule has 3 N–H and O–H groups in total. The summed E-state index contributed by atoms with van der Waals surface area (Å²) >= 11 is 0. The van der Waals surface area contributed by atoms with E-state index >= 15 is 0 Å². The molecule has 0 radical (unpaired) electrons. The van der Waals surface area contributed by atoms with Gasteiger partial charge < -0.3 is 15.4 Å². The Morgan fingerprint density at radius 3 is 2.37 bits per heavy atom. The number of alkyl halides is 6. The molecule has 2 aliphatic rings. The van der Waals surface area contributed by atoms with Crippen molar-refractivity contribution in [1.29, 1.82) is 0 Å². The Morgan fingerprint density at radius 1 is 1.14 bits per heavy atom. The zero-order chi connectivity index (χ0) is 25.6. The summed E-state index contributed by atoms with van der Waals surface area (Å²) in [5.74, 6) is 0.542. The number of hydrogen-bond donors (Lipinski definition) is 3. The molecule has 35 heavy (non-hydrogen) atoms. The van der Waals surface area contributed by atoms with Crippen molar-refractivity contribution >= 4 is 5.91 Å². The Bertz CT molecular complexity index is 1050. The summed E-state index contributed by atoms with van der Waals surface area (Å²) in [4.78, 5) is 16.9. The first-order chi connectivity index (χ1) is 16.2. The molecule has 2 fully saturated rings. The minimum absolute atomic E-state index is 0.0948. The number of fused-ring (bicyclic) bond motifs is 2. The van der Waals surface area contributed by atoms with Crippen LogP contribution < -0.4 is 10.6 Å². The van der Waals surface area contributed by atoms with E-state index in [1.54, 1.807) is 6.92 Å². The summed E-state index contributed by atoms with van der Waals surface area (Å²) in [7, 11) is 0. The molecule has 2 bridgehead atoms. The van der Waals surface area contributed by atoms with Crippen molar-refractivity contribution < 1.29 is 35.9 Å². The van der Waals surface area contributed by atoms with E-state index in [-0.39, 0.29) is 36.0 Å². The molecule has 2 saturated heterocycles. The molecule has 0 spiro atoms. The number of rotatable bonds is 6. The molecule has 13 heteroatoms. The summed E-state index contributed by atoms with van der Waals surface area (Å²) in [5.41, 5.74) is -3.62.